The zero-order valence-electron chi connectivity index (χ0n) is 16.3. The predicted octanol–water partition coefficient (Wildman–Crippen LogP) is 4.84. The van der Waals surface area contributed by atoms with Gasteiger partial charge in [-0.1, -0.05) is 18.6 Å². The lowest BCUT2D eigenvalue weighted by Gasteiger charge is -2.25. The Kier molecular flexibility index (Phi) is 6.10. The van der Waals surface area contributed by atoms with Crippen LogP contribution in [0.15, 0.2) is 48.8 Å². The molecule has 1 aliphatic heterocycles. The van der Waals surface area contributed by atoms with Crippen LogP contribution >= 0.6 is 0 Å². The number of benzene rings is 1. The summed E-state index contributed by atoms with van der Waals surface area (Å²) in [7, 11) is 0. The van der Waals surface area contributed by atoms with Crippen LogP contribution in [-0.2, 0) is 6.54 Å². The molecule has 0 spiro atoms. The summed E-state index contributed by atoms with van der Waals surface area (Å²) in [6, 6.07) is 12.3. The van der Waals surface area contributed by atoms with E-state index in [2.05, 4.69) is 16.4 Å². The van der Waals surface area contributed by atoms with Crippen molar-refractivity contribution in [2.24, 2.45) is 0 Å². The van der Waals surface area contributed by atoms with Crippen molar-refractivity contribution in [3.63, 3.8) is 0 Å². The van der Waals surface area contributed by atoms with Crippen molar-refractivity contribution in [3.8, 4) is 5.75 Å². The van der Waals surface area contributed by atoms with Gasteiger partial charge in [-0.15, -0.1) is 0 Å². The lowest BCUT2D eigenvalue weighted by Crippen LogP contribution is -2.39. The number of carbonyl (C=O) groups is 1. The Morgan fingerprint density at radius 3 is 2.71 bits per heavy atom. The highest BCUT2D eigenvalue weighted by molar-refractivity contribution is 5.75. The Morgan fingerprint density at radius 1 is 1.07 bits per heavy atom. The molecule has 28 heavy (non-hydrogen) atoms. The molecule has 1 aromatic carbocycles. The van der Waals surface area contributed by atoms with Gasteiger partial charge in [-0.25, -0.2) is 4.79 Å². The molecule has 0 radical (unpaired) electrons. The molecule has 4 rings (SSSR count). The van der Waals surface area contributed by atoms with Crippen LogP contribution < -0.4 is 10.1 Å². The van der Waals surface area contributed by atoms with Crippen molar-refractivity contribution < 1.29 is 9.53 Å². The molecule has 2 fully saturated rings. The maximum absolute atomic E-state index is 12.8. The third kappa shape index (κ3) is 4.64. The number of carbonyl (C=O) groups excluding carboxylic acids is 1. The summed E-state index contributed by atoms with van der Waals surface area (Å²) in [6.45, 7) is 1.31. The van der Waals surface area contributed by atoms with Crippen LogP contribution in [0.4, 0.5) is 4.79 Å². The van der Waals surface area contributed by atoms with Crippen LogP contribution in [0.1, 0.15) is 62.1 Å². The fourth-order valence-corrected chi connectivity index (χ4v) is 4.33. The van der Waals surface area contributed by atoms with Crippen LogP contribution in [0, 0.1) is 0 Å². The summed E-state index contributed by atoms with van der Waals surface area (Å²) >= 11 is 0. The van der Waals surface area contributed by atoms with E-state index in [-0.39, 0.29) is 12.1 Å². The topological polar surface area (TPSA) is 54.5 Å². The van der Waals surface area contributed by atoms with Crippen LogP contribution in [0.25, 0.3) is 0 Å². The summed E-state index contributed by atoms with van der Waals surface area (Å²) in [6.07, 6.45) is 12.1. The molecule has 5 heteroatoms. The number of nitrogens with zero attached hydrogens (tertiary/aromatic N) is 2. The molecule has 1 aromatic heterocycles. The molecule has 1 saturated carbocycles. The second-order valence-electron chi connectivity index (χ2n) is 7.82. The zero-order valence-corrected chi connectivity index (χ0v) is 16.3. The number of urea groups is 1. The minimum absolute atomic E-state index is 0.00193. The molecular formula is C23H29N3O2. The lowest BCUT2D eigenvalue weighted by atomic mass is 9.98. The molecule has 0 bridgehead atoms. The van der Waals surface area contributed by atoms with E-state index >= 15 is 0 Å². The maximum Gasteiger partial charge on any atom is 0.318 e. The number of rotatable bonds is 5. The number of hydrogen-bond acceptors (Lipinski definition) is 3. The first-order valence-corrected chi connectivity index (χ1v) is 10.5. The van der Waals surface area contributed by atoms with Gasteiger partial charge < -0.3 is 15.0 Å². The third-order valence-electron chi connectivity index (χ3n) is 5.80. The van der Waals surface area contributed by atoms with Crippen molar-refractivity contribution >= 4 is 6.03 Å². The molecule has 2 amide bonds. The Labute approximate surface area is 167 Å². The van der Waals surface area contributed by atoms with Crippen LogP contribution in [0.3, 0.4) is 0 Å². The number of ether oxygens (including phenoxy) is 1. The fraction of sp³-hybridized carbons (Fsp3) is 0.478. The van der Waals surface area contributed by atoms with Gasteiger partial charge in [0.1, 0.15) is 5.75 Å². The summed E-state index contributed by atoms with van der Waals surface area (Å²) in [5.41, 5.74) is 2.23. The maximum atomic E-state index is 12.8. The quantitative estimate of drug-likeness (QED) is 0.809. The highest BCUT2D eigenvalue weighted by Gasteiger charge is 2.29. The van der Waals surface area contributed by atoms with E-state index in [0.717, 1.165) is 49.1 Å². The molecule has 2 heterocycles. The number of pyridine rings is 1. The molecule has 1 atom stereocenters. The Bertz CT molecular complexity index is 774. The highest BCUT2D eigenvalue weighted by Crippen LogP contribution is 2.31. The first kappa shape index (κ1) is 18.8. The van der Waals surface area contributed by atoms with E-state index in [4.69, 9.17) is 4.74 Å². The second kappa shape index (κ2) is 9.09. The molecule has 148 valence electrons. The van der Waals surface area contributed by atoms with Crippen LogP contribution in [-0.4, -0.2) is 28.6 Å². The molecule has 1 aliphatic carbocycles. The molecule has 2 aromatic rings. The molecule has 2 aliphatic rings. The van der Waals surface area contributed by atoms with Crippen LogP contribution in [0.2, 0.25) is 0 Å². The minimum atomic E-state index is -0.00193. The number of hydrogen-bond donors (Lipinski definition) is 1. The largest absolute Gasteiger partial charge is 0.490 e. The average Bonchev–Trinajstić information content (AvgIpc) is 3.24. The third-order valence-corrected chi connectivity index (χ3v) is 5.80. The fourth-order valence-electron chi connectivity index (χ4n) is 4.33. The van der Waals surface area contributed by atoms with E-state index in [1.54, 1.807) is 12.4 Å². The molecular weight excluding hydrogens is 350 g/mol. The van der Waals surface area contributed by atoms with E-state index in [1.807, 2.05) is 35.2 Å². The summed E-state index contributed by atoms with van der Waals surface area (Å²) in [4.78, 5) is 18.8. The van der Waals surface area contributed by atoms with Gasteiger partial charge in [-0.05, 0) is 73.9 Å². The van der Waals surface area contributed by atoms with Gasteiger partial charge in [0.25, 0.3) is 0 Å². The standard InChI is InChI=1S/C23H29N3O2/c27-23(26-15-5-10-22(26)19-11-13-24-14-12-19)25-17-18-6-4-9-21(16-18)28-20-7-2-1-3-8-20/h4,6,9,11-14,16,20,22H,1-3,5,7-8,10,15,17H2,(H,25,27). The zero-order chi connectivity index (χ0) is 19.2. The SMILES string of the molecule is O=C(NCc1cccc(OC2CCCCC2)c1)N1CCCC1c1ccncc1. The minimum Gasteiger partial charge on any atom is -0.490 e. The Morgan fingerprint density at radius 2 is 1.89 bits per heavy atom. The van der Waals surface area contributed by atoms with E-state index in [1.165, 1.54) is 19.3 Å². The first-order valence-electron chi connectivity index (χ1n) is 10.5. The number of nitrogens with one attached hydrogen (secondary N) is 1. The van der Waals surface area contributed by atoms with E-state index < -0.39 is 0 Å². The monoisotopic (exact) mass is 379 g/mol. The normalized spacial score (nSPS) is 20.1. The molecule has 1 N–H and O–H groups in total. The van der Waals surface area contributed by atoms with Crippen molar-refractivity contribution in [1.29, 1.82) is 0 Å². The number of amides is 2. The summed E-state index contributed by atoms with van der Waals surface area (Å²) in [5, 5.41) is 3.09. The Balaban J connectivity index is 1.33. The predicted molar refractivity (Wildman–Crippen MR) is 109 cm³/mol. The van der Waals surface area contributed by atoms with Gasteiger partial charge in [0.15, 0.2) is 0 Å². The van der Waals surface area contributed by atoms with Crippen molar-refractivity contribution in [2.75, 3.05) is 6.54 Å². The summed E-state index contributed by atoms with van der Waals surface area (Å²) in [5.74, 6) is 0.912. The van der Waals surface area contributed by atoms with Gasteiger partial charge in [-0.2, -0.15) is 0 Å². The second-order valence-corrected chi connectivity index (χ2v) is 7.82. The van der Waals surface area contributed by atoms with E-state index in [9.17, 15) is 4.79 Å². The van der Waals surface area contributed by atoms with Gasteiger partial charge in [0.05, 0.1) is 12.1 Å². The molecule has 1 unspecified atom stereocenters. The van der Waals surface area contributed by atoms with Gasteiger partial charge >= 0.3 is 6.03 Å². The van der Waals surface area contributed by atoms with Gasteiger partial charge in [0, 0.05) is 25.5 Å². The lowest BCUT2D eigenvalue weighted by molar-refractivity contribution is 0.155. The summed E-state index contributed by atoms with van der Waals surface area (Å²) < 4.78 is 6.15. The number of likely N-dealkylation sites (tertiary alicyclic amines) is 1. The average molecular weight is 380 g/mol. The van der Waals surface area contributed by atoms with Crippen LogP contribution in [0.5, 0.6) is 5.75 Å². The van der Waals surface area contributed by atoms with Gasteiger partial charge in [0.2, 0.25) is 0 Å². The van der Waals surface area contributed by atoms with E-state index in [0.29, 0.717) is 12.6 Å². The molecule has 5 nitrogen and oxygen atoms in total. The smallest absolute Gasteiger partial charge is 0.318 e. The van der Waals surface area contributed by atoms with Crippen molar-refractivity contribution in [1.82, 2.24) is 15.2 Å². The van der Waals surface area contributed by atoms with Crippen molar-refractivity contribution in [2.45, 2.75) is 63.6 Å². The number of aromatic nitrogens is 1. The first-order chi connectivity index (χ1) is 13.8. The van der Waals surface area contributed by atoms with Gasteiger partial charge in [-0.3, -0.25) is 4.98 Å². The van der Waals surface area contributed by atoms with Crippen molar-refractivity contribution in [3.05, 3.63) is 59.9 Å². The highest BCUT2D eigenvalue weighted by atomic mass is 16.5. The molecule has 1 saturated heterocycles. The Hall–Kier alpha value is -2.56.